The third kappa shape index (κ3) is 2.91. The van der Waals surface area contributed by atoms with Gasteiger partial charge in [0.2, 0.25) is 0 Å². The summed E-state index contributed by atoms with van der Waals surface area (Å²) in [6, 6.07) is 3.99. The Hall–Kier alpha value is -2.08. The number of nitrogens with one attached hydrogen (secondary N) is 2. The van der Waals surface area contributed by atoms with Gasteiger partial charge in [0.05, 0.1) is 5.56 Å². The summed E-state index contributed by atoms with van der Waals surface area (Å²) in [6.45, 7) is 3.88. The standard InChI is InChI=1S/C14H16N2O3S/c1-8-11(9(2)16-12(8)14(18)19)13(17)15-6-5-10-4-3-7-20-10/h3-4,7,16H,5-6H2,1-2H3,(H,15,17)(H,18,19). The highest BCUT2D eigenvalue weighted by Gasteiger charge is 2.21. The highest BCUT2D eigenvalue weighted by atomic mass is 32.1. The summed E-state index contributed by atoms with van der Waals surface area (Å²) in [4.78, 5) is 27.1. The molecule has 0 fully saturated rings. The zero-order valence-corrected chi connectivity index (χ0v) is 12.1. The lowest BCUT2D eigenvalue weighted by molar-refractivity contribution is 0.0690. The van der Waals surface area contributed by atoms with Gasteiger partial charge in [0, 0.05) is 17.1 Å². The molecule has 0 aliphatic rings. The van der Waals surface area contributed by atoms with E-state index in [-0.39, 0.29) is 11.6 Å². The molecule has 0 bridgehead atoms. The summed E-state index contributed by atoms with van der Waals surface area (Å²) in [6.07, 6.45) is 0.776. The molecule has 0 unspecified atom stereocenters. The number of aromatic nitrogens is 1. The van der Waals surface area contributed by atoms with Crippen LogP contribution in [0.4, 0.5) is 0 Å². The van der Waals surface area contributed by atoms with Gasteiger partial charge in [-0.2, -0.15) is 0 Å². The summed E-state index contributed by atoms with van der Waals surface area (Å²) in [5.74, 6) is -1.29. The van der Waals surface area contributed by atoms with Crippen molar-refractivity contribution in [1.29, 1.82) is 0 Å². The minimum atomic E-state index is -1.05. The maximum atomic E-state index is 12.1. The van der Waals surface area contributed by atoms with Crippen LogP contribution in [0.3, 0.4) is 0 Å². The van der Waals surface area contributed by atoms with E-state index in [0.29, 0.717) is 23.4 Å². The van der Waals surface area contributed by atoms with E-state index in [0.717, 1.165) is 6.42 Å². The number of thiophene rings is 1. The van der Waals surface area contributed by atoms with Crippen LogP contribution in [0.15, 0.2) is 17.5 Å². The van der Waals surface area contributed by atoms with Crippen LogP contribution in [0.5, 0.6) is 0 Å². The van der Waals surface area contributed by atoms with E-state index in [4.69, 9.17) is 5.11 Å². The number of carboxylic acid groups (broad SMARTS) is 1. The zero-order valence-electron chi connectivity index (χ0n) is 11.3. The number of H-pyrrole nitrogens is 1. The summed E-state index contributed by atoms with van der Waals surface area (Å²) in [7, 11) is 0. The quantitative estimate of drug-likeness (QED) is 0.791. The number of rotatable bonds is 5. The van der Waals surface area contributed by atoms with Gasteiger partial charge in [-0.3, -0.25) is 4.79 Å². The fraction of sp³-hybridized carbons (Fsp3) is 0.286. The molecule has 0 aromatic carbocycles. The molecule has 5 nitrogen and oxygen atoms in total. The van der Waals surface area contributed by atoms with Crippen molar-refractivity contribution in [1.82, 2.24) is 10.3 Å². The van der Waals surface area contributed by atoms with Crippen LogP contribution in [0.25, 0.3) is 0 Å². The first kappa shape index (κ1) is 14.3. The SMILES string of the molecule is Cc1[nH]c(C(=O)O)c(C)c1C(=O)NCCc1cccs1. The first-order valence-corrected chi connectivity index (χ1v) is 7.11. The van der Waals surface area contributed by atoms with Gasteiger partial charge >= 0.3 is 5.97 Å². The molecular weight excluding hydrogens is 276 g/mol. The summed E-state index contributed by atoms with van der Waals surface area (Å²) >= 11 is 1.65. The van der Waals surface area contributed by atoms with Crippen molar-refractivity contribution < 1.29 is 14.7 Å². The topological polar surface area (TPSA) is 82.2 Å². The Morgan fingerprint density at radius 1 is 1.40 bits per heavy atom. The molecule has 0 spiro atoms. The van der Waals surface area contributed by atoms with Gasteiger partial charge in [-0.25, -0.2) is 4.79 Å². The number of aromatic carboxylic acids is 1. The Labute approximate surface area is 120 Å². The molecule has 2 aromatic rings. The van der Waals surface area contributed by atoms with Crippen molar-refractivity contribution >= 4 is 23.2 Å². The number of aromatic amines is 1. The first-order valence-electron chi connectivity index (χ1n) is 6.23. The van der Waals surface area contributed by atoms with Crippen molar-refractivity contribution in [2.45, 2.75) is 20.3 Å². The minimum Gasteiger partial charge on any atom is -0.477 e. The molecule has 106 valence electrons. The van der Waals surface area contributed by atoms with Crippen LogP contribution in [-0.4, -0.2) is 28.5 Å². The van der Waals surface area contributed by atoms with Gasteiger partial charge in [-0.05, 0) is 37.3 Å². The number of carbonyl (C=O) groups excluding carboxylic acids is 1. The number of hydrogen-bond acceptors (Lipinski definition) is 3. The number of amides is 1. The van der Waals surface area contributed by atoms with Crippen LogP contribution in [0.2, 0.25) is 0 Å². The predicted octanol–water partition coefficient (Wildman–Crippen LogP) is 2.36. The molecule has 0 aliphatic carbocycles. The molecule has 2 rings (SSSR count). The van der Waals surface area contributed by atoms with E-state index in [1.807, 2.05) is 17.5 Å². The molecular formula is C14H16N2O3S. The zero-order chi connectivity index (χ0) is 14.7. The molecule has 0 saturated heterocycles. The highest BCUT2D eigenvalue weighted by Crippen LogP contribution is 2.17. The predicted molar refractivity (Wildman–Crippen MR) is 77.6 cm³/mol. The van der Waals surface area contributed by atoms with Gasteiger partial charge in [0.25, 0.3) is 5.91 Å². The lowest BCUT2D eigenvalue weighted by Crippen LogP contribution is -2.26. The van der Waals surface area contributed by atoms with Gasteiger partial charge in [0.15, 0.2) is 0 Å². The van der Waals surface area contributed by atoms with Crippen LogP contribution in [0, 0.1) is 13.8 Å². The number of hydrogen-bond donors (Lipinski definition) is 3. The number of carbonyl (C=O) groups is 2. The van der Waals surface area contributed by atoms with Crippen LogP contribution in [0.1, 0.15) is 37.0 Å². The third-order valence-corrected chi connectivity index (χ3v) is 4.05. The lowest BCUT2D eigenvalue weighted by atomic mass is 10.1. The fourth-order valence-corrected chi connectivity index (χ4v) is 2.86. The molecule has 0 aliphatic heterocycles. The Bertz CT molecular complexity index is 629. The van der Waals surface area contributed by atoms with E-state index in [2.05, 4.69) is 10.3 Å². The monoisotopic (exact) mass is 292 g/mol. The van der Waals surface area contributed by atoms with E-state index in [1.165, 1.54) is 4.88 Å². The van der Waals surface area contributed by atoms with Crippen molar-refractivity contribution in [2.75, 3.05) is 6.54 Å². The number of carboxylic acids is 1. The van der Waals surface area contributed by atoms with Crippen molar-refractivity contribution in [2.24, 2.45) is 0 Å². The van der Waals surface area contributed by atoms with Crippen LogP contribution in [-0.2, 0) is 6.42 Å². The second-order valence-electron chi connectivity index (χ2n) is 4.52. The number of aryl methyl sites for hydroxylation is 1. The molecule has 1 amide bonds. The maximum absolute atomic E-state index is 12.1. The smallest absolute Gasteiger partial charge is 0.352 e. The Balaban J connectivity index is 2.04. The Kier molecular flexibility index (Phi) is 4.24. The van der Waals surface area contributed by atoms with Gasteiger partial charge in [-0.1, -0.05) is 6.07 Å². The van der Waals surface area contributed by atoms with Crippen molar-refractivity contribution in [3.8, 4) is 0 Å². The van der Waals surface area contributed by atoms with E-state index < -0.39 is 5.97 Å². The van der Waals surface area contributed by atoms with E-state index in [9.17, 15) is 9.59 Å². The molecule has 0 saturated carbocycles. The third-order valence-electron chi connectivity index (χ3n) is 3.12. The molecule has 6 heteroatoms. The van der Waals surface area contributed by atoms with E-state index >= 15 is 0 Å². The summed E-state index contributed by atoms with van der Waals surface area (Å²) < 4.78 is 0. The van der Waals surface area contributed by atoms with Crippen molar-refractivity contribution in [3.63, 3.8) is 0 Å². The molecule has 2 aromatic heterocycles. The van der Waals surface area contributed by atoms with Crippen LogP contribution < -0.4 is 5.32 Å². The molecule has 2 heterocycles. The van der Waals surface area contributed by atoms with Gasteiger partial charge < -0.3 is 15.4 Å². The summed E-state index contributed by atoms with van der Waals surface area (Å²) in [5, 5.41) is 13.8. The average molecular weight is 292 g/mol. The Morgan fingerprint density at radius 2 is 2.15 bits per heavy atom. The summed E-state index contributed by atoms with van der Waals surface area (Å²) in [5.41, 5.74) is 1.55. The molecule has 0 radical (unpaired) electrons. The lowest BCUT2D eigenvalue weighted by Gasteiger charge is -2.05. The van der Waals surface area contributed by atoms with Gasteiger partial charge in [0.1, 0.15) is 5.69 Å². The van der Waals surface area contributed by atoms with Crippen molar-refractivity contribution in [3.05, 3.63) is 44.9 Å². The average Bonchev–Trinajstić information content (AvgIpc) is 2.97. The second-order valence-corrected chi connectivity index (χ2v) is 5.55. The Morgan fingerprint density at radius 3 is 2.70 bits per heavy atom. The normalized spacial score (nSPS) is 10.5. The molecule has 20 heavy (non-hydrogen) atoms. The van der Waals surface area contributed by atoms with E-state index in [1.54, 1.807) is 25.2 Å². The minimum absolute atomic E-state index is 0.0749. The molecule has 0 atom stereocenters. The first-order chi connectivity index (χ1) is 9.50. The highest BCUT2D eigenvalue weighted by molar-refractivity contribution is 7.09. The van der Waals surface area contributed by atoms with Gasteiger partial charge in [-0.15, -0.1) is 11.3 Å². The largest absolute Gasteiger partial charge is 0.477 e. The molecule has 3 N–H and O–H groups in total. The second kappa shape index (κ2) is 5.92. The van der Waals surface area contributed by atoms with Crippen LogP contribution >= 0.6 is 11.3 Å². The fourth-order valence-electron chi connectivity index (χ4n) is 2.15. The maximum Gasteiger partial charge on any atom is 0.352 e.